The van der Waals surface area contributed by atoms with Crippen molar-refractivity contribution in [3.05, 3.63) is 57.5 Å². The number of amides is 2. The summed E-state index contributed by atoms with van der Waals surface area (Å²) in [7, 11) is 0. The van der Waals surface area contributed by atoms with Gasteiger partial charge in [0.05, 0.1) is 0 Å². The average Bonchev–Trinajstić information content (AvgIpc) is 2.74. The van der Waals surface area contributed by atoms with Gasteiger partial charge in [0, 0.05) is 32.7 Å². The lowest BCUT2D eigenvalue weighted by molar-refractivity contribution is -0.143. The van der Waals surface area contributed by atoms with Gasteiger partial charge in [-0.1, -0.05) is 45.7 Å². The van der Waals surface area contributed by atoms with Crippen LogP contribution in [0.15, 0.2) is 57.5 Å². The number of anilines is 2. The van der Waals surface area contributed by atoms with Gasteiger partial charge >= 0.3 is 0 Å². The zero-order valence-corrected chi connectivity index (χ0v) is 22.9. The number of halogens is 2. The molecule has 10 heteroatoms. The first-order valence-corrected chi connectivity index (χ1v) is 12.7. The molecule has 1 aliphatic rings. The van der Waals surface area contributed by atoms with E-state index in [0.717, 1.165) is 20.3 Å². The van der Waals surface area contributed by atoms with Crippen LogP contribution in [0.5, 0.6) is 0 Å². The van der Waals surface area contributed by atoms with E-state index in [4.69, 9.17) is 24.4 Å². The van der Waals surface area contributed by atoms with Gasteiger partial charge in [-0.3, -0.25) is 9.59 Å². The monoisotopic (exact) mass is 610 g/mol. The molecule has 0 unspecified atom stereocenters. The Morgan fingerprint density at radius 2 is 1.33 bits per heavy atom. The lowest BCUT2D eigenvalue weighted by atomic mass is 9.53. The van der Waals surface area contributed by atoms with Gasteiger partial charge in [-0.15, -0.1) is 0 Å². The van der Waals surface area contributed by atoms with E-state index < -0.39 is 0 Å². The zero-order chi connectivity index (χ0) is 24.2. The molecule has 33 heavy (non-hydrogen) atoms. The Hall–Kier alpha value is -1.88. The molecule has 1 aliphatic carbocycles. The second-order valence-corrected chi connectivity index (χ2v) is 11.1. The van der Waals surface area contributed by atoms with Crippen LogP contribution in [0.2, 0.25) is 0 Å². The van der Waals surface area contributed by atoms with Crippen LogP contribution in [-0.4, -0.2) is 22.0 Å². The summed E-state index contributed by atoms with van der Waals surface area (Å²) >= 11 is 17.3. The molecule has 3 rings (SSSR count). The summed E-state index contributed by atoms with van der Waals surface area (Å²) in [6.07, 6.45) is 0.903. The van der Waals surface area contributed by atoms with Crippen LogP contribution >= 0.6 is 56.3 Å². The Labute approximate surface area is 220 Å². The average molecular weight is 612 g/mol. The summed E-state index contributed by atoms with van der Waals surface area (Å²) in [5.74, 6) is -0.475. The van der Waals surface area contributed by atoms with E-state index in [1.165, 1.54) is 0 Å². The molecule has 0 aromatic heterocycles. The minimum absolute atomic E-state index is 0.0664. The molecule has 2 amide bonds. The van der Waals surface area contributed by atoms with Crippen molar-refractivity contribution in [3.8, 4) is 0 Å². The summed E-state index contributed by atoms with van der Waals surface area (Å²) in [5.41, 5.74) is 1.24. The van der Waals surface area contributed by atoms with E-state index in [0.29, 0.717) is 12.8 Å². The van der Waals surface area contributed by atoms with Crippen LogP contribution in [-0.2, 0) is 9.59 Å². The number of hydrogen-bond donors (Lipinski definition) is 4. The van der Waals surface area contributed by atoms with Crippen molar-refractivity contribution in [1.82, 2.24) is 10.6 Å². The molecule has 0 aliphatic heterocycles. The number of carbonyl (C=O) groups excluding carboxylic acids is 2. The third kappa shape index (κ3) is 7.05. The molecule has 0 radical (unpaired) electrons. The molecule has 2 aromatic rings. The lowest BCUT2D eigenvalue weighted by Gasteiger charge is -2.51. The maximum Gasteiger partial charge on any atom is 0.229 e. The van der Waals surface area contributed by atoms with Crippen molar-refractivity contribution in [3.63, 3.8) is 0 Å². The van der Waals surface area contributed by atoms with Gasteiger partial charge in [0.2, 0.25) is 11.8 Å². The van der Waals surface area contributed by atoms with Crippen LogP contribution in [0.1, 0.15) is 26.7 Å². The first-order valence-electron chi connectivity index (χ1n) is 10.3. The fourth-order valence-corrected chi connectivity index (χ4v) is 4.78. The molecule has 0 saturated heterocycles. The molecule has 0 spiro atoms. The van der Waals surface area contributed by atoms with Gasteiger partial charge in [0.1, 0.15) is 0 Å². The molecule has 0 heterocycles. The summed E-state index contributed by atoms with van der Waals surface area (Å²) in [4.78, 5) is 25.2. The Morgan fingerprint density at radius 3 is 1.79 bits per heavy atom. The highest BCUT2D eigenvalue weighted by Crippen LogP contribution is 2.52. The fourth-order valence-electron chi connectivity index (χ4n) is 3.80. The summed E-state index contributed by atoms with van der Waals surface area (Å²) < 4.78 is 1.91. The van der Waals surface area contributed by atoms with E-state index in [9.17, 15) is 9.59 Å². The van der Waals surface area contributed by atoms with E-state index >= 15 is 0 Å². The van der Waals surface area contributed by atoms with Crippen LogP contribution in [0.25, 0.3) is 0 Å². The minimum Gasteiger partial charge on any atom is -0.332 e. The molecule has 4 N–H and O–H groups in total. The normalized spacial score (nSPS) is 18.4. The van der Waals surface area contributed by atoms with Crippen LogP contribution in [0, 0.1) is 17.3 Å². The fraction of sp³-hybridized carbons (Fsp3) is 0.304. The van der Waals surface area contributed by atoms with Gasteiger partial charge < -0.3 is 21.3 Å². The zero-order valence-electron chi connectivity index (χ0n) is 18.1. The number of carbonyl (C=O) groups is 2. The van der Waals surface area contributed by atoms with Crippen LogP contribution in [0.3, 0.4) is 0 Å². The van der Waals surface area contributed by atoms with Gasteiger partial charge in [-0.2, -0.15) is 0 Å². The molecule has 1 saturated carbocycles. The highest BCUT2D eigenvalue weighted by molar-refractivity contribution is 9.10. The molecule has 2 aromatic carbocycles. The number of rotatable bonds is 5. The van der Waals surface area contributed by atoms with Crippen LogP contribution in [0.4, 0.5) is 11.4 Å². The predicted octanol–water partition coefficient (Wildman–Crippen LogP) is 5.59. The number of thiocarbonyl (C=S) groups is 2. The topological polar surface area (TPSA) is 82.3 Å². The Morgan fingerprint density at radius 1 is 0.879 bits per heavy atom. The van der Waals surface area contributed by atoms with Crippen molar-refractivity contribution in [2.24, 2.45) is 17.3 Å². The SMILES string of the molecule is CC1(C)[C@H](CC(=O)NC(=S)Nc2ccc(Br)cc2)C[C@@H]1C(=O)NC(=S)Nc1ccc(Br)cc1. The number of benzene rings is 2. The molecule has 1 fully saturated rings. The first-order chi connectivity index (χ1) is 15.5. The summed E-state index contributed by atoms with van der Waals surface area (Å²) in [5, 5.41) is 12.0. The van der Waals surface area contributed by atoms with E-state index in [1.54, 1.807) is 0 Å². The van der Waals surface area contributed by atoms with E-state index in [-0.39, 0.29) is 39.3 Å². The van der Waals surface area contributed by atoms with Crippen molar-refractivity contribution in [2.75, 3.05) is 10.6 Å². The highest BCUT2D eigenvalue weighted by atomic mass is 79.9. The van der Waals surface area contributed by atoms with Crippen molar-refractivity contribution in [2.45, 2.75) is 26.7 Å². The molecular formula is C23H24Br2N4O2S2. The standard InChI is InChI=1S/C23H24Br2N4O2S2/c1-23(2)13(12-19(30)28-21(32)26-16-7-3-14(24)4-8-16)11-18(23)20(31)29-22(33)27-17-9-5-15(25)6-10-17/h3-10,13,18H,11-12H2,1-2H3,(H2,26,28,30,32)(H2,27,29,31,33)/t13-,18+/m0/s1. The maximum absolute atomic E-state index is 12.8. The van der Waals surface area contributed by atoms with Crippen molar-refractivity contribution >= 4 is 89.7 Å². The third-order valence-electron chi connectivity index (χ3n) is 5.91. The smallest absolute Gasteiger partial charge is 0.229 e. The van der Waals surface area contributed by atoms with Gasteiger partial charge in [0.15, 0.2) is 10.2 Å². The van der Waals surface area contributed by atoms with Gasteiger partial charge in [-0.25, -0.2) is 0 Å². The second-order valence-electron chi connectivity index (χ2n) is 8.47. The number of nitrogens with one attached hydrogen (secondary N) is 4. The van der Waals surface area contributed by atoms with Crippen molar-refractivity contribution in [1.29, 1.82) is 0 Å². The predicted molar refractivity (Wildman–Crippen MR) is 147 cm³/mol. The highest BCUT2D eigenvalue weighted by Gasteiger charge is 2.52. The summed E-state index contributed by atoms with van der Waals surface area (Å²) in [6, 6.07) is 15.0. The molecule has 0 bridgehead atoms. The molecule has 6 nitrogen and oxygen atoms in total. The molecule has 174 valence electrons. The third-order valence-corrected chi connectivity index (χ3v) is 7.38. The molecule has 2 atom stereocenters. The first kappa shape index (κ1) is 25.7. The lowest BCUT2D eigenvalue weighted by Crippen LogP contribution is -2.55. The quantitative estimate of drug-likeness (QED) is 0.330. The molecular weight excluding hydrogens is 588 g/mol. The Balaban J connectivity index is 1.45. The van der Waals surface area contributed by atoms with E-state index in [2.05, 4.69) is 53.1 Å². The van der Waals surface area contributed by atoms with Crippen molar-refractivity contribution < 1.29 is 9.59 Å². The summed E-state index contributed by atoms with van der Waals surface area (Å²) in [6.45, 7) is 4.00. The second kappa shape index (κ2) is 11.0. The largest absolute Gasteiger partial charge is 0.332 e. The van der Waals surface area contributed by atoms with Gasteiger partial charge in [0.25, 0.3) is 0 Å². The number of hydrogen-bond acceptors (Lipinski definition) is 4. The minimum atomic E-state index is -0.338. The maximum atomic E-state index is 12.8. The van der Waals surface area contributed by atoms with E-state index in [1.807, 2.05) is 62.4 Å². The Bertz CT molecular complexity index is 1060. The van der Waals surface area contributed by atoms with Crippen LogP contribution < -0.4 is 21.3 Å². The van der Waals surface area contributed by atoms with Gasteiger partial charge in [-0.05, 0) is 90.7 Å². The Kier molecular flexibility index (Phi) is 8.60.